The van der Waals surface area contributed by atoms with Gasteiger partial charge < -0.3 is 18.8 Å². The van der Waals surface area contributed by atoms with Crippen LogP contribution in [0.5, 0.6) is 11.6 Å². The summed E-state index contributed by atoms with van der Waals surface area (Å²) in [5.74, 6) is -7.88. The van der Waals surface area contributed by atoms with Gasteiger partial charge in [-0.1, -0.05) is 24.3 Å². The molecule has 3 heterocycles. The van der Waals surface area contributed by atoms with Crippen LogP contribution in [-0.2, 0) is 4.79 Å². The minimum atomic E-state index is -5.35. The van der Waals surface area contributed by atoms with Crippen LogP contribution in [0.1, 0.15) is 16.8 Å². The molecule has 0 unspecified atom stereocenters. The number of likely N-dealkylation sites (tertiary alicyclic amines) is 1. The molecule has 1 atom stereocenters. The van der Waals surface area contributed by atoms with Crippen molar-refractivity contribution in [2.45, 2.75) is 24.6 Å². The lowest BCUT2D eigenvalue weighted by Crippen LogP contribution is -2.55. The number of para-hydroxylation sites is 1. The zero-order valence-corrected chi connectivity index (χ0v) is 19.8. The summed E-state index contributed by atoms with van der Waals surface area (Å²) in [6.07, 6.45) is -5.34. The Hall–Kier alpha value is -4.55. The van der Waals surface area contributed by atoms with Crippen LogP contribution in [0.15, 0.2) is 71.5 Å². The van der Waals surface area contributed by atoms with Gasteiger partial charge in [0.15, 0.2) is 11.9 Å². The number of alkyl halides is 5. The average Bonchev–Trinajstić information content (AvgIpc) is 3.44. The van der Waals surface area contributed by atoms with Gasteiger partial charge in [-0.15, -0.1) is 0 Å². The fourth-order valence-electron chi connectivity index (χ4n) is 4.04. The van der Waals surface area contributed by atoms with Crippen molar-refractivity contribution in [2.24, 2.45) is 0 Å². The quantitative estimate of drug-likeness (QED) is 0.248. The van der Waals surface area contributed by atoms with E-state index in [0.29, 0.717) is 5.56 Å². The van der Waals surface area contributed by atoms with Gasteiger partial charge in [0, 0.05) is 29.5 Å². The molecule has 39 heavy (non-hydrogen) atoms. The molecule has 1 saturated heterocycles. The van der Waals surface area contributed by atoms with E-state index in [0.717, 1.165) is 11.0 Å². The van der Waals surface area contributed by atoms with Crippen molar-refractivity contribution in [1.82, 2.24) is 14.9 Å². The molecule has 0 bridgehead atoms. The molecule has 0 saturated carbocycles. The minimum absolute atomic E-state index is 0.179. The lowest BCUT2D eigenvalue weighted by atomic mass is 10.0. The summed E-state index contributed by atoms with van der Waals surface area (Å²) >= 11 is 0. The zero-order valence-electron chi connectivity index (χ0n) is 19.8. The SMILES string of the molecule is O=C(c1cccc(-c2ncco2)c1)N1CCC(F)(F)[C@@H](Oc2nc3ccccc3cc2OC(=O)C(F)(F)F)C1. The Morgan fingerprint density at radius 3 is 2.62 bits per heavy atom. The number of aromatic nitrogens is 2. The van der Waals surface area contributed by atoms with E-state index in [4.69, 9.17) is 9.15 Å². The van der Waals surface area contributed by atoms with Crippen molar-refractivity contribution in [3.8, 4) is 23.1 Å². The first-order valence-corrected chi connectivity index (χ1v) is 11.5. The summed E-state index contributed by atoms with van der Waals surface area (Å²) in [6, 6.07) is 13.4. The van der Waals surface area contributed by atoms with Gasteiger partial charge in [0.05, 0.1) is 18.3 Å². The largest absolute Gasteiger partial charge is 0.491 e. The number of halogens is 5. The predicted octanol–water partition coefficient (Wildman–Crippen LogP) is 5.29. The first-order chi connectivity index (χ1) is 18.5. The second-order valence-corrected chi connectivity index (χ2v) is 8.66. The Morgan fingerprint density at radius 2 is 1.87 bits per heavy atom. The van der Waals surface area contributed by atoms with Gasteiger partial charge in [-0.2, -0.15) is 13.2 Å². The van der Waals surface area contributed by atoms with E-state index >= 15 is 0 Å². The number of oxazole rings is 1. The highest BCUT2D eigenvalue weighted by Gasteiger charge is 2.48. The number of pyridine rings is 1. The molecule has 13 heteroatoms. The van der Waals surface area contributed by atoms with E-state index < -0.39 is 54.7 Å². The van der Waals surface area contributed by atoms with Crippen LogP contribution in [0.25, 0.3) is 22.4 Å². The predicted molar refractivity (Wildman–Crippen MR) is 125 cm³/mol. The number of hydrogen-bond donors (Lipinski definition) is 0. The van der Waals surface area contributed by atoms with Gasteiger partial charge in [0.2, 0.25) is 5.89 Å². The summed E-state index contributed by atoms with van der Waals surface area (Å²) in [6.45, 7) is -0.924. The van der Waals surface area contributed by atoms with Crippen LogP contribution < -0.4 is 9.47 Å². The molecule has 0 N–H and O–H groups in total. The van der Waals surface area contributed by atoms with E-state index in [9.17, 15) is 31.5 Å². The molecule has 1 fully saturated rings. The third kappa shape index (κ3) is 5.52. The third-order valence-corrected chi connectivity index (χ3v) is 5.99. The van der Waals surface area contributed by atoms with Crippen molar-refractivity contribution in [3.05, 3.63) is 72.6 Å². The molecule has 2 aromatic heterocycles. The summed E-state index contributed by atoms with van der Waals surface area (Å²) in [5, 5.41) is 0.285. The Labute approximate surface area is 217 Å². The average molecular weight is 547 g/mol. The maximum Gasteiger partial charge on any atom is 0.491 e. The molecule has 0 aliphatic carbocycles. The number of nitrogens with zero attached hydrogens (tertiary/aromatic N) is 3. The van der Waals surface area contributed by atoms with Crippen molar-refractivity contribution in [1.29, 1.82) is 0 Å². The molecule has 0 spiro atoms. The van der Waals surface area contributed by atoms with Crippen molar-refractivity contribution < 1.29 is 45.4 Å². The fourth-order valence-corrected chi connectivity index (χ4v) is 4.04. The summed E-state index contributed by atoms with van der Waals surface area (Å²) < 4.78 is 83.6. The van der Waals surface area contributed by atoms with E-state index in [2.05, 4.69) is 14.7 Å². The Kier molecular flexibility index (Phi) is 6.66. The number of amides is 1. The number of ether oxygens (including phenoxy) is 2. The van der Waals surface area contributed by atoms with E-state index in [-0.39, 0.29) is 28.9 Å². The highest BCUT2D eigenvalue weighted by Crippen LogP contribution is 2.37. The molecule has 1 amide bonds. The van der Waals surface area contributed by atoms with Crippen molar-refractivity contribution >= 4 is 22.8 Å². The molecular formula is C26H18F5N3O5. The van der Waals surface area contributed by atoms with Gasteiger partial charge in [-0.3, -0.25) is 4.79 Å². The first kappa shape index (κ1) is 26.1. The second kappa shape index (κ2) is 9.97. The number of piperidine rings is 1. The first-order valence-electron chi connectivity index (χ1n) is 11.5. The lowest BCUT2D eigenvalue weighted by Gasteiger charge is -2.38. The van der Waals surface area contributed by atoms with Gasteiger partial charge in [-0.25, -0.2) is 23.5 Å². The van der Waals surface area contributed by atoms with Gasteiger partial charge >= 0.3 is 12.1 Å². The molecule has 202 valence electrons. The zero-order chi connectivity index (χ0) is 27.8. The maximum absolute atomic E-state index is 14.9. The Balaban J connectivity index is 1.42. The smallest absolute Gasteiger partial charge is 0.463 e. The lowest BCUT2D eigenvalue weighted by molar-refractivity contribution is -0.190. The van der Waals surface area contributed by atoms with Crippen molar-refractivity contribution in [2.75, 3.05) is 13.1 Å². The number of rotatable bonds is 5. The molecule has 1 aliphatic heterocycles. The van der Waals surface area contributed by atoms with Crippen LogP contribution in [-0.4, -0.2) is 58.0 Å². The van der Waals surface area contributed by atoms with Crippen molar-refractivity contribution in [3.63, 3.8) is 0 Å². The minimum Gasteiger partial charge on any atom is -0.463 e. The van der Waals surface area contributed by atoms with Gasteiger partial charge in [-0.05, 0) is 30.3 Å². The van der Waals surface area contributed by atoms with E-state index in [1.54, 1.807) is 24.3 Å². The highest BCUT2D eigenvalue weighted by molar-refractivity contribution is 5.95. The van der Waals surface area contributed by atoms with Crippen LogP contribution in [0.4, 0.5) is 22.0 Å². The molecule has 1 aliphatic rings. The summed E-state index contributed by atoms with van der Waals surface area (Å²) in [4.78, 5) is 33.9. The monoisotopic (exact) mass is 547 g/mol. The fraction of sp³-hybridized carbons (Fsp3) is 0.231. The molecule has 0 radical (unpaired) electrons. The van der Waals surface area contributed by atoms with Gasteiger partial charge in [0.25, 0.3) is 17.7 Å². The third-order valence-electron chi connectivity index (χ3n) is 5.99. The van der Waals surface area contributed by atoms with E-state index in [1.807, 2.05) is 0 Å². The molecule has 5 rings (SSSR count). The summed E-state index contributed by atoms with van der Waals surface area (Å²) in [5.41, 5.74) is 0.880. The van der Waals surface area contributed by atoms with E-state index in [1.165, 1.54) is 36.7 Å². The number of benzene rings is 2. The van der Waals surface area contributed by atoms with Crippen LogP contribution in [0, 0.1) is 0 Å². The summed E-state index contributed by atoms with van der Waals surface area (Å²) in [7, 11) is 0. The number of carbonyl (C=O) groups excluding carboxylic acids is 2. The molecule has 2 aromatic carbocycles. The van der Waals surface area contributed by atoms with Crippen LogP contribution >= 0.6 is 0 Å². The number of carbonyl (C=O) groups is 2. The molecular weight excluding hydrogens is 529 g/mol. The van der Waals surface area contributed by atoms with Crippen LogP contribution in [0.3, 0.4) is 0 Å². The van der Waals surface area contributed by atoms with Gasteiger partial charge in [0.1, 0.15) is 6.26 Å². The maximum atomic E-state index is 14.9. The standard InChI is InChI=1S/C26H18F5N3O5/c27-25(28)8-10-34(23(35)17-6-3-5-16(12-17)21-32-9-11-37-21)14-20(25)39-22-19(38-24(36)26(29,30)31)13-15-4-1-2-7-18(15)33-22/h1-7,9,11-13,20H,8,10,14H2/t20-/m0/s1. The second-order valence-electron chi connectivity index (χ2n) is 8.66. The Morgan fingerprint density at radius 1 is 1.08 bits per heavy atom. The number of hydrogen-bond acceptors (Lipinski definition) is 7. The highest BCUT2D eigenvalue weighted by atomic mass is 19.4. The molecule has 4 aromatic rings. The van der Waals surface area contributed by atoms with Crippen LogP contribution in [0.2, 0.25) is 0 Å². The topological polar surface area (TPSA) is 94.8 Å². The number of esters is 1. The normalized spacial score (nSPS) is 17.2. The molecule has 8 nitrogen and oxygen atoms in total. The number of fused-ring (bicyclic) bond motifs is 1. The Bertz CT molecular complexity index is 1520.